The van der Waals surface area contributed by atoms with Gasteiger partial charge in [0, 0.05) is 12.8 Å². The Morgan fingerprint density at radius 1 is 0.667 bits per heavy atom. The Kier molecular flexibility index (Phi) is 27.3. The summed E-state index contributed by atoms with van der Waals surface area (Å²) in [5.74, 6) is -1.35. The number of unbranched alkanes of at least 4 members (excludes halogenated alkanes) is 15. The fourth-order valence-electron chi connectivity index (χ4n) is 4.42. The standard InChI is InChI=1S/C33H59NO5/c1-3-5-7-9-10-11-12-13-14-15-16-18-24-28-33(38)39-30(25-21-17-8-6-4-2)26-22-19-20-23-27-31(35)34-29-32(36)37/h11-12,21,25,30H,3-10,13-20,22-24,26-29H2,1-2H3,(H,34,35)(H,36,37)/b12-11-,25-21-. The van der Waals surface area contributed by atoms with Crippen molar-refractivity contribution in [1.82, 2.24) is 5.32 Å². The van der Waals surface area contributed by atoms with E-state index < -0.39 is 5.97 Å². The van der Waals surface area contributed by atoms with Crippen LogP contribution in [-0.4, -0.2) is 35.6 Å². The van der Waals surface area contributed by atoms with Crippen molar-refractivity contribution < 1.29 is 24.2 Å². The van der Waals surface area contributed by atoms with Crippen LogP contribution in [0.1, 0.15) is 155 Å². The van der Waals surface area contributed by atoms with E-state index in [1.165, 1.54) is 70.6 Å². The van der Waals surface area contributed by atoms with Gasteiger partial charge in [0.25, 0.3) is 0 Å². The minimum Gasteiger partial charge on any atom is -0.480 e. The predicted octanol–water partition coefficient (Wildman–Crippen LogP) is 8.83. The molecule has 0 radical (unpaired) electrons. The highest BCUT2D eigenvalue weighted by Crippen LogP contribution is 2.14. The molecule has 0 saturated heterocycles. The molecule has 0 bridgehead atoms. The molecule has 0 heterocycles. The largest absolute Gasteiger partial charge is 0.480 e. The summed E-state index contributed by atoms with van der Waals surface area (Å²) < 4.78 is 5.81. The van der Waals surface area contributed by atoms with Crippen LogP contribution in [0.15, 0.2) is 24.3 Å². The van der Waals surface area contributed by atoms with Gasteiger partial charge in [-0.05, 0) is 70.3 Å². The summed E-state index contributed by atoms with van der Waals surface area (Å²) in [4.78, 5) is 34.6. The highest BCUT2D eigenvalue weighted by molar-refractivity contribution is 5.80. The molecule has 0 saturated carbocycles. The van der Waals surface area contributed by atoms with Crippen LogP contribution >= 0.6 is 0 Å². The fraction of sp³-hybridized carbons (Fsp3) is 0.788. The molecule has 226 valence electrons. The molecule has 0 fully saturated rings. The molecule has 0 aliphatic rings. The molecule has 39 heavy (non-hydrogen) atoms. The van der Waals surface area contributed by atoms with Crippen molar-refractivity contribution >= 4 is 17.8 Å². The van der Waals surface area contributed by atoms with Gasteiger partial charge in [0.1, 0.15) is 12.6 Å². The Balaban J connectivity index is 4.07. The lowest BCUT2D eigenvalue weighted by molar-refractivity contribution is -0.147. The number of ether oxygens (including phenoxy) is 1. The summed E-state index contributed by atoms with van der Waals surface area (Å²) in [5, 5.41) is 11.0. The number of aliphatic carboxylic acids is 1. The molecule has 0 aromatic rings. The number of nitrogens with one attached hydrogen (secondary N) is 1. The second kappa shape index (κ2) is 28.9. The molecular weight excluding hydrogens is 490 g/mol. The van der Waals surface area contributed by atoms with E-state index in [1.54, 1.807) is 0 Å². The van der Waals surface area contributed by atoms with Gasteiger partial charge in [0.15, 0.2) is 0 Å². The van der Waals surface area contributed by atoms with E-state index in [0.717, 1.165) is 57.8 Å². The number of esters is 1. The quantitative estimate of drug-likeness (QED) is 0.0578. The first-order chi connectivity index (χ1) is 19.0. The third kappa shape index (κ3) is 28.7. The van der Waals surface area contributed by atoms with Crippen molar-refractivity contribution in [3.05, 3.63) is 24.3 Å². The molecule has 0 aliphatic carbocycles. The second-order valence-electron chi connectivity index (χ2n) is 10.7. The molecule has 1 unspecified atom stereocenters. The first-order valence-electron chi connectivity index (χ1n) is 16.0. The minimum atomic E-state index is -1.03. The van der Waals surface area contributed by atoms with Gasteiger partial charge in [-0.3, -0.25) is 14.4 Å². The van der Waals surface area contributed by atoms with Crippen LogP contribution < -0.4 is 5.32 Å². The minimum absolute atomic E-state index is 0.0979. The molecule has 1 atom stereocenters. The number of hydrogen-bond acceptors (Lipinski definition) is 4. The third-order valence-electron chi connectivity index (χ3n) is 6.83. The van der Waals surface area contributed by atoms with Crippen LogP contribution in [0, 0.1) is 0 Å². The average molecular weight is 550 g/mol. The Morgan fingerprint density at radius 2 is 1.18 bits per heavy atom. The molecule has 1 amide bonds. The number of rotatable bonds is 28. The fourth-order valence-corrected chi connectivity index (χ4v) is 4.42. The van der Waals surface area contributed by atoms with E-state index >= 15 is 0 Å². The van der Waals surface area contributed by atoms with Gasteiger partial charge in [-0.2, -0.15) is 0 Å². The SMILES string of the molecule is CCCCC/C=C\C(CCCCCCC(=O)NCC(=O)O)OC(=O)CCCCCCC/C=C\CCCCCC. The van der Waals surface area contributed by atoms with Crippen molar-refractivity contribution in [1.29, 1.82) is 0 Å². The van der Waals surface area contributed by atoms with Crippen molar-refractivity contribution in [2.75, 3.05) is 6.54 Å². The van der Waals surface area contributed by atoms with Gasteiger partial charge in [0.05, 0.1) is 0 Å². The van der Waals surface area contributed by atoms with E-state index in [1.807, 2.05) is 0 Å². The number of carboxylic acids is 1. The Hall–Kier alpha value is -2.11. The number of hydrogen-bond donors (Lipinski definition) is 2. The first kappa shape index (κ1) is 36.9. The Labute approximate surface area is 239 Å². The number of carboxylic acid groups (broad SMARTS) is 1. The zero-order valence-corrected chi connectivity index (χ0v) is 25.2. The van der Waals surface area contributed by atoms with Crippen LogP contribution in [-0.2, 0) is 19.1 Å². The van der Waals surface area contributed by atoms with Crippen LogP contribution in [0.3, 0.4) is 0 Å². The topological polar surface area (TPSA) is 92.7 Å². The van der Waals surface area contributed by atoms with Crippen LogP contribution in [0.5, 0.6) is 0 Å². The lowest BCUT2D eigenvalue weighted by atomic mass is 10.1. The maximum Gasteiger partial charge on any atom is 0.322 e. The molecule has 0 aromatic heterocycles. The average Bonchev–Trinajstić information content (AvgIpc) is 2.91. The third-order valence-corrected chi connectivity index (χ3v) is 6.83. The van der Waals surface area contributed by atoms with E-state index in [9.17, 15) is 14.4 Å². The van der Waals surface area contributed by atoms with Crippen LogP contribution in [0.4, 0.5) is 0 Å². The number of allylic oxidation sites excluding steroid dienone is 3. The summed E-state index contributed by atoms with van der Waals surface area (Å²) in [6, 6.07) is 0. The first-order valence-corrected chi connectivity index (χ1v) is 16.0. The normalized spacial score (nSPS) is 12.3. The highest BCUT2D eigenvalue weighted by atomic mass is 16.5. The number of amides is 1. The lowest BCUT2D eigenvalue weighted by Crippen LogP contribution is -2.28. The zero-order valence-electron chi connectivity index (χ0n) is 25.2. The highest BCUT2D eigenvalue weighted by Gasteiger charge is 2.11. The second-order valence-corrected chi connectivity index (χ2v) is 10.7. The molecule has 6 nitrogen and oxygen atoms in total. The van der Waals surface area contributed by atoms with E-state index in [2.05, 4.69) is 43.5 Å². The molecule has 0 aromatic carbocycles. The molecule has 0 aliphatic heterocycles. The Bertz CT molecular complexity index is 658. The van der Waals surface area contributed by atoms with Crippen molar-refractivity contribution in [2.45, 2.75) is 161 Å². The Morgan fingerprint density at radius 3 is 1.85 bits per heavy atom. The van der Waals surface area contributed by atoms with Crippen molar-refractivity contribution in [2.24, 2.45) is 0 Å². The van der Waals surface area contributed by atoms with E-state index in [0.29, 0.717) is 12.8 Å². The summed E-state index contributed by atoms with van der Waals surface area (Å²) in [6.07, 6.45) is 31.7. The lowest BCUT2D eigenvalue weighted by Gasteiger charge is -2.15. The maximum absolute atomic E-state index is 12.5. The van der Waals surface area contributed by atoms with Gasteiger partial charge < -0.3 is 15.2 Å². The monoisotopic (exact) mass is 549 g/mol. The molecule has 2 N–H and O–H groups in total. The number of carbonyl (C=O) groups is 3. The maximum atomic E-state index is 12.5. The summed E-state index contributed by atoms with van der Waals surface area (Å²) >= 11 is 0. The van der Waals surface area contributed by atoms with Gasteiger partial charge >= 0.3 is 11.9 Å². The molecule has 0 rings (SSSR count). The van der Waals surface area contributed by atoms with E-state index in [4.69, 9.17) is 9.84 Å². The van der Waals surface area contributed by atoms with Crippen LogP contribution in [0.2, 0.25) is 0 Å². The van der Waals surface area contributed by atoms with Crippen LogP contribution in [0.25, 0.3) is 0 Å². The number of carbonyl (C=O) groups excluding carboxylic acids is 2. The van der Waals surface area contributed by atoms with Gasteiger partial charge in [-0.1, -0.05) is 96.3 Å². The van der Waals surface area contributed by atoms with E-state index in [-0.39, 0.29) is 24.5 Å². The summed E-state index contributed by atoms with van der Waals surface area (Å²) in [7, 11) is 0. The summed E-state index contributed by atoms with van der Waals surface area (Å²) in [5.41, 5.74) is 0. The van der Waals surface area contributed by atoms with Gasteiger partial charge in [-0.25, -0.2) is 0 Å². The molecular formula is C33H59NO5. The van der Waals surface area contributed by atoms with Gasteiger partial charge in [0.2, 0.25) is 5.91 Å². The summed E-state index contributed by atoms with van der Waals surface area (Å²) in [6.45, 7) is 4.11. The zero-order chi connectivity index (χ0) is 28.8. The smallest absolute Gasteiger partial charge is 0.322 e. The molecule has 6 heteroatoms. The van der Waals surface area contributed by atoms with Crippen molar-refractivity contribution in [3.8, 4) is 0 Å². The molecule has 0 spiro atoms. The van der Waals surface area contributed by atoms with Gasteiger partial charge in [-0.15, -0.1) is 0 Å². The van der Waals surface area contributed by atoms with Crippen molar-refractivity contribution in [3.63, 3.8) is 0 Å². The predicted molar refractivity (Wildman–Crippen MR) is 162 cm³/mol.